The standard InChI is InChI=1S/C11H10N2OS.2ClH/c12-8-4-3-7(6-9(8)13)11(14)10-2-1-5-15-10;;/h1-6H,12-13H2;2*1H. The van der Waals surface area contributed by atoms with Crippen molar-refractivity contribution in [2.24, 2.45) is 0 Å². The fourth-order valence-electron chi connectivity index (χ4n) is 1.27. The average molecular weight is 291 g/mol. The molecule has 0 radical (unpaired) electrons. The zero-order chi connectivity index (χ0) is 10.8. The van der Waals surface area contributed by atoms with Crippen LogP contribution in [0.2, 0.25) is 0 Å². The molecule has 0 unspecified atom stereocenters. The normalized spacial score (nSPS) is 8.94. The van der Waals surface area contributed by atoms with Gasteiger partial charge in [-0.25, -0.2) is 0 Å². The number of nitrogens with two attached hydrogens (primary N) is 2. The maximum atomic E-state index is 11.9. The van der Waals surface area contributed by atoms with Gasteiger partial charge in [-0.15, -0.1) is 36.2 Å². The van der Waals surface area contributed by atoms with E-state index in [1.165, 1.54) is 11.3 Å². The molecule has 0 fully saturated rings. The van der Waals surface area contributed by atoms with E-state index in [4.69, 9.17) is 11.5 Å². The molecule has 1 aromatic heterocycles. The van der Waals surface area contributed by atoms with E-state index >= 15 is 0 Å². The van der Waals surface area contributed by atoms with Crippen molar-refractivity contribution in [3.8, 4) is 0 Å². The molecule has 6 heteroatoms. The maximum Gasteiger partial charge on any atom is 0.203 e. The van der Waals surface area contributed by atoms with Crippen LogP contribution >= 0.6 is 36.2 Å². The van der Waals surface area contributed by atoms with Crippen LogP contribution in [0.4, 0.5) is 11.4 Å². The van der Waals surface area contributed by atoms with Gasteiger partial charge in [0, 0.05) is 5.56 Å². The van der Waals surface area contributed by atoms with E-state index in [1.807, 2.05) is 11.4 Å². The summed E-state index contributed by atoms with van der Waals surface area (Å²) in [7, 11) is 0. The second kappa shape index (κ2) is 6.49. The van der Waals surface area contributed by atoms with Gasteiger partial charge in [0.25, 0.3) is 0 Å². The molecule has 3 nitrogen and oxygen atoms in total. The fraction of sp³-hybridized carbons (Fsp3) is 0. The number of hydrogen-bond acceptors (Lipinski definition) is 4. The molecular weight excluding hydrogens is 279 g/mol. The van der Waals surface area contributed by atoms with Gasteiger partial charge < -0.3 is 11.5 Å². The summed E-state index contributed by atoms with van der Waals surface area (Å²) in [6.45, 7) is 0. The van der Waals surface area contributed by atoms with E-state index in [2.05, 4.69) is 0 Å². The van der Waals surface area contributed by atoms with Crippen molar-refractivity contribution in [1.82, 2.24) is 0 Å². The SMILES string of the molecule is Cl.Cl.Nc1ccc(C(=O)c2cccs2)cc1N. The van der Waals surface area contributed by atoms with Crippen LogP contribution in [0.25, 0.3) is 0 Å². The number of benzene rings is 1. The van der Waals surface area contributed by atoms with Crippen molar-refractivity contribution < 1.29 is 4.79 Å². The van der Waals surface area contributed by atoms with Crippen molar-refractivity contribution in [3.05, 3.63) is 46.2 Å². The molecule has 0 bridgehead atoms. The summed E-state index contributed by atoms with van der Waals surface area (Å²) in [5.41, 5.74) is 12.7. The van der Waals surface area contributed by atoms with Crippen LogP contribution in [-0.4, -0.2) is 5.78 Å². The molecule has 1 aromatic carbocycles. The predicted molar refractivity (Wildman–Crippen MR) is 77.5 cm³/mol. The lowest BCUT2D eigenvalue weighted by Crippen LogP contribution is -2.01. The number of nitrogen functional groups attached to an aromatic ring is 2. The number of hydrogen-bond donors (Lipinski definition) is 2. The third kappa shape index (κ3) is 3.36. The first-order valence-corrected chi connectivity index (χ1v) is 5.29. The quantitative estimate of drug-likeness (QED) is 0.660. The van der Waals surface area contributed by atoms with Gasteiger partial charge in [0.1, 0.15) is 0 Å². The molecule has 0 spiro atoms. The summed E-state index contributed by atoms with van der Waals surface area (Å²) < 4.78 is 0. The van der Waals surface area contributed by atoms with Crippen LogP contribution in [0.5, 0.6) is 0 Å². The lowest BCUT2D eigenvalue weighted by molar-refractivity contribution is 0.104. The van der Waals surface area contributed by atoms with E-state index in [0.717, 1.165) is 0 Å². The number of anilines is 2. The molecule has 17 heavy (non-hydrogen) atoms. The summed E-state index contributed by atoms with van der Waals surface area (Å²) >= 11 is 1.41. The van der Waals surface area contributed by atoms with Crippen molar-refractivity contribution >= 4 is 53.3 Å². The van der Waals surface area contributed by atoms with Crippen LogP contribution in [-0.2, 0) is 0 Å². The summed E-state index contributed by atoms with van der Waals surface area (Å²) in [6, 6.07) is 8.58. The number of halogens is 2. The first-order chi connectivity index (χ1) is 7.18. The minimum atomic E-state index is -0.0169. The molecule has 0 saturated carbocycles. The highest BCUT2D eigenvalue weighted by Gasteiger charge is 2.10. The van der Waals surface area contributed by atoms with E-state index in [0.29, 0.717) is 21.8 Å². The van der Waals surface area contributed by atoms with Gasteiger partial charge in [0.15, 0.2) is 0 Å². The Bertz CT molecular complexity index is 500. The number of ketones is 1. The van der Waals surface area contributed by atoms with Gasteiger partial charge in [-0.05, 0) is 29.6 Å². The molecule has 92 valence electrons. The van der Waals surface area contributed by atoms with E-state index in [9.17, 15) is 4.79 Å². The largest absolute Gasteiger partial charge is 0.397 e. The molecule has 1 heterocycles. The Hall–Kier alpha value is -1.23. The summed E-state index contributed by atoms with van der Waals surface area (Å²) in [4.78, 5) is 12.6. The van der Waals surface area contributed by atoms with E-state index in [-0.39, 0.29) is 30.6 Å². The molecule has 0 saturated heterocycles. The lowest BCUT2D eigenvalue weighted by atomic mass is 10.1. The molecule has 2 rings (SSSR count). The maximum absolute atomic E-state index is 11.9. The first kappa shape index (κ1) is 15.8. The van der Waals surface area contributed by atoms with Gasteiger partial charge in [0.2, 0.25) is 5.78 Å². The number of thiophene rings is 1. The van der Waals surface area contributed by atoms with Gasteiger partial charge in [0.05, 0.1) is 16.3 Å². The monoisotopic (exact) mass is 290 g/mol. The number of rotatable bonds is 2. The lowest BCUT2D eigenvalue weighted by Gasteiger charge is -2.02. The van der Waals surface area contributed by atoms with Crippen molar-refractivity contribution in [2.45, 2.75) is 0 Å². The minimum Gasteiger partial charge on any atom is -0.397 e. The summed E-state index contributed by atoms with van der Waals surface area (Å²) in [6.07, 6.45) is 0. The molecule has 0 aliphatic heterocycles. The Kier molecular flexibility index (Phi) is 6.02. The Morgan fingerprint density at radius 1 is 1.06 bits per heavy atom. The molecule has 0 atom stereocenters. The van der Waals surface area contributed by atoms with Crippen LogP contribution < -0.4 is 11.5 Å². The zero-order valence-electron chi connectivity index (χ0n) is 8.75. The highest BCUT2D eigenvalue weighted by Crippen LogP contribution is 2.20. The predicted octanol–water partition coefficient (Wildman–Crippen LogP) is 2.99. The van der Waals surface area contributed by atoms with E-state index in [1.54, 1.807) is 24.3 Å². The summed E-state index contributed by atoms with van der Waals surface area (Å²) in [5, 5.41) is 1.87. The van der Waals surface area contributed by atoms with Crippen LogP contribution in [0.15, 0.2) is 35.7 Å². The molecule has 0 aliphatic rings. The van der Waals surface area contributed by atoms with Gasteiger partial charge in [-0.2, -0.15) is 0 Å². The molecule has 4 N–H and O–H groups in total. The third-order valence-corrected chi connectivity index (χ3v) is 2.96. The highest BCUT2D eigenvalue weighted by molar-refractivity contribution is 7.12. The van der Waals surface area contributed by atoms with Gasteiger partial charge in [-0.3, -0.25) is 4.79 Å². The Labute approximate surface area is 116 Å². The van der Waals surface area contributed by atoms with Crippen LogP contribution in [0.3, 0.4) is 0 Å². The average Bonchev–Trinajstić information content (AvgIpc) is 2.74. The van der Waals surface area contributed by atoms with Gasteiger partial charge in [-0.1, -0.05) is 6.07 Å². The first-order valence-electron chi connectivity index (χ1n) is 4.41. The van der Waals surface area contributed by atoms with Crippen molar-refractivity contribution in [3.63, 3.8) is 0 Å². The second-order valence-electron chi connectivity index (χ2n) is 3.15. The van der Waals surface area contributed by atoms with Crippen LogP contribution in [0, 0.1) is 0 Å². The second-order valence-corrected chi connectivity index (χ2v) is 4.10. The molecular formula is C11H12Cl2N2OS. The van der Waals surface area contributed by atoms with E-state index < -0.39 is 0 Å². The Balaban J connectivity index is 0.00000128. The fourth-order valence-corrected chi connectivity index (χ4v) is 1.95. The smallest absolute Gasteiger partial charge is 0.203 e. The minimum absolute atomic E-state index is 0. The van der Waals surface area contributed by atoms with Crippen molar-refractivity contribution in [2.75, 3.05) is 11.5 Å². The number of carbonyl (C=O) groups is 1. The number of carbonyl (C=O) groups excluding carboxylic acids is 1. The topological polar surface area (TPSA) is 69.1 Å². The zero-order valence-corrected chi connectivity index (χ0v) is 11.2. The van der Waals surface area contributed by atoms with Gasteiger partial charge >= 0.3 is 0 Å². The molecule has 0 amide bonds. The summed E-state index contributed by atoms with van der Waals surface area (Å²) in [5.74, 6) is -0.0169. The molecule has 2 aromatic rings. The third-order valence-electron chi connectivity index (χ3n) is 2.09. The Morgan fingerprint density at radius 3 is 2.29 bits per heavy atom. The van der Waals surface area contributed by atoms with Crippen LogP contribution in [0.1, 0.15) is 15.2 Å². The van der Waals surface area contributed by atoms with Crippen molar-refractivity contribution in [1.29, 1.82) is 0 Å². The molecule has 0 aliphatic carbocycles. The Morgan fingerprint density at radius 2 is 1.76 bits per heavy atom. The highest BCUT2D eigenvalue weighted by atomic mass is 35.5.